The van der Waals surface area contributed by atoms with E-state index in [0.29, 0.717) is 6.04 Å². The van der Waals surface area contributed by atoms with Crippen LogP contribution >= 0.6 is 0 Å². The molecule has 0 aromatic rings. The van der Waals surface area contributed by atoms with E-state index in [4.69, 9.17) is 0 Å². The van der Waals surface area contributed by atoms with Crippen LogP contribution in [0.25, 0.3) is 0 Å². The van der Waals surface area contributed by atoms with Crippen LogP contribution in [0.2, 0.25) is 0 Å². The third-order valence-corrected chi connectivity index (χ3v) is 4.15. The Morgan fingerprint density at radius 3 is 2.22 bits per heavy atom. The molecule has 2 atom stereocenters. The molecular weight excluding hydrogens is 220 g/mol. The first-order valence-corrected chi connectivity index (χ1v) is 7.73. The molecule has 2 heteroatoms. The van der Waals surface area contributed by atoms with Gasteiger partial charge >= 0.3 is 0 Å². The van der Waals surface area contributed by atoms with Gasteiger partial charge in [0.15, 0.2) is 0 Å². The fourth-order valence-electron chi connectivity index (χ4n) is 3.09. The zero-order chi connectivity index (χ0) is 13.9. The Bertz CT molecular complexity index is 240. The second kappa shape index (κ2) is 6.38. The summed E-state index contributed by atoms with van der Waals surface area (Å²) in [5.41, 5.74) is 0.222. The largest absolute Gasteiger partial charge is 0.311 e. The Balaban J connectivity index is 2.66. The summed E-state index contributed by atoms with van der Waals surface area (Å²) in [7, 11) is 0. The molecule has 1 rings (SSSR count). The van der Waals surface area contributed by atoms with Crippen LogP contribution in [-0.4, -0.2) is 35.6 Å². The standard InChI is InChI=1S/C16H34N2/c1-12(2)14-9-8-10-18(14)15(13(3)4)11-17-16(5,6)7/h12-15,17H,8-11H2,1-7H3. The molecule has 1 saturated heterocycles. The van der Waals surface area contributed by atoms with Crippen LogP contribution in [0.4, 0.5) is 0 Å². The normalized spacial score (nSPS) is 24.2. The van der Waals surface area contributed by atoms with Crippen molar-refractivity contribution in [1.82, 2.24) is 10.2 Å². The molecule has 18 heavy (non-hydrogen) atoms. The van der Waals surface area contributed by atoms with E-state index in [0.717, 1.165) is 24.4 Å². The maximum Gasteiger partial charge on any atom is 0.0246 e. The summed E-state index contributed by atoms with van der Waals surface area (Å²) >= 11 is 0. The molecule has 0 amide bonds. The third-order valence-electron chi connectivity index (χ3n) is 4.15. The van der Waals surface area contributed by atoms with Crippen molar-refractivity contribution in [3.05, 3.63) is 0 Å². The number of hydrogen-bond donors (Lipinski definition) is 1. The molecule has 1 aliphatic rings. The summed E-state index contributed by atoms with van der Waals surface area (Å²) in [6, 6.07) is 1.47. The smallest absolute Gasteiger partial charge is 0.0246 e. The Morgan fingerprint density at radius 2 is 1.78 bits per heavy atom. The molecule has 2 unspecified atom stereocenters. The Hall–Kier alpha value is -0.0800. The number of nitrogens with zero attached hydrogens (tertiary/aromatic N) is 1. The zero-order valence-corrected chi connectivity index (χ0v) is 13.6. The summed E-state index contributed by atoms with van der Waals surface area (Å²) in [4.78, 5) is 2.77. The molecule has 0 radical (unpaired) electrons. The van der Waals surface area contributed by atoms with Gasteiger partial charge in [0.1, 0.15) is 0 Å². The summed E-state index contributed by atoms with van der Waals surface area (Å²) in [6.45, 7) is 18.7. The van der Waals surface area contributed by atoms with E-state index < -0.39 is 0 Å². The van der Waals surface area contributed by atoms with Crippen LogP contribution in [0.15, 0.2) is 0 Å². The molecule has 0 spiro atoms. The van der Waals surface area contributed by atoms with E-state index >= 15 is 0 Å². The van der Waals surface area contributed by atoms with Gasteiger partial charge in [-0.15, -0.1) is 0 Å². The zero-order valence-electron chi connectivity index (χ0n) is 13.6. The predicted molar refractivity (Wildman–Crippen MR) is 80.9 cm³/mol. The van der Waals surface area contributed by atoms with Crippen LogP contribution in [0.5, 0.6) is 0 Å². The van der Waals surface area contributed by atoms with Crippen molar-refractivity contribution >= 4 is 0 Å². The van der Waals surface area contributed by atoms with Crippen molar-refractivity contribution in [2.45, 2.75) is 78.9 Å². The molecule has 1 N–H and O–H groups in total. The number of hydrogen-bond acceptors (Lipinski definition) is 2. The van der Waals surface area contributed by atoms with Crippen LogP contribution in [-0.2, 0) is 0 Å². The number of rotatable bonds is 5. The highest BCUT2D eigenvalue weighted by Crippen LogP contribution is 2.28. The molecule has 0 bridgehead atoms. The van der Waals surface area contributed by atoms with Gasteiger partial charge in [-0.05, 0) is 52.0 Å². The first-order chi connectivity index (χ1) is 8.22. The van der Waals surface area contributed by atoms with E-state index in [1.54, 1.807) is 0 Å². The van der Waals surface area contributed by atoms with Crippen molar-refractivity contribution in [3.8, 4) is 0 Å². The Labute approximate surface area is 115 Å². The highest BCUT2D eigenvalue weighted by Gasteiger charge is 2.34. The molecule has 1 heterocycles. The Kier molecular flexibility index (Phi) is 5.67. The fraction of sp³-hybridized carbons (Fsp3) is 1.00. The lowest BCUT2D eigenvalue weighted by atomic mass is 9.96. The summed E-state index contributed by atoms with van der Waals surface area (Å²) in [5.74, 6) is 1.50. The molecule has 0 saturated carbocycles. The quantitative estimate of drug-likeness (QED) is 0.807. The molecule has 2 nitrogen and oxygen atoms in total. The van der Waals surface area contributed by atoms with Crippen LogP contribution in [0.3, 0.4) is 0 Å². The van der Waals surface area contributed by atoms with Gasteiger partial charge in [-0.3, -0.25) is 4.90 Å². The third kappa shape index (κ3) is 4.55. The van der Waals surface area contributed by atoms with Gasteiger partial charge in [0.05, 0.1) is 0 Å². The fourth-order valence-corrected chi connectivity index (χ4v) is 3.09. The SMILES string of the molecule is CC(C)C1CCCN1C(CNC(C)(C)C)C(C)C. The second-order valence-corrected chi connectivity index (χ2v) is 7.63. The Morgan fingerprint density at radius 1 is 1.17 bits per heavy atom. The predicted octanol–water partition coefficient (Wildman–Crippen LogP) is 3.52. The lowest BCUT2D eigenvalue weighted by Crippen LogP contribution is -2.52. The minimum Gasteiger partial charge on any atom is -0.311 e. The molecule has 0 aromatic carbocycles. The lowest BCUT2D eigenvalue weighted by Gasteiger charge is -2.39. The molecule has 0 aliphatic carbocycles. The van der Waals surface area contributed by atoms with Gasteiger partial charge in [-0.1, -0.05) is 27.7 Å². The summed E-state index contributed by atoms with van der Waals surface area (Å²) in [6.07, 6.45) is 2.76. The highest BCUT2D eigenvalue weighted by molar-refractivity contribution is 4.90. The second-order valence-electron chi connectivity index (χ2n) is 7.63. The number of nitrogens with one attached hydrogen (secondary N) is 1. The first kappa shape index (κ1) is 16.0. The lowest BCUT2D eigenvalue weighted by molar-refractivity contribution is 0.106. The summed E-state index contributed by atoms with van der Waals surface area (Å²) in [5, 5.41) is 3.70. The molecule has 1 fully saturated rings. The molecule has 108 valence electrons. The van der Waals surface area contributed by atoms with E-state index in [1.165, 1.54) is 19.4 Å². The van der Waals surface area contributed by atoms with Crippen molar-refractivity contribution in [2.75, 3.05) is 13.1 Å². The van der Waals surface area contributed by atoms with Gasteiger partial charge in [0.2, 0.25) is 0 Å². The van der Waals surface area contributed by atoms with Gasteiger partial charge in [-0.2, -0.15) is 0 Å². The van der Waals surface area contributed by atoms with E-state index in [2.05, 4.69) is 58.7 Å². The van der Waals surface area contributed by atoms with Crippen molar-refractivity contribution in [1.29, 1.82) is 0 Å². The molecule has 0 aromatic heterocycles. The molecule has 1 aliphatic heterocycles. The minimum atomic E-state index is 0.222. The average molecular weight is 254 g/mol. The maximum atomic E-state index is 3.70. The van der Waals surface area contributed by atoms with E-state index in [-0.39, 0.29) is 5.54 Å². The summed E-state index contributed by atoms with van der Waals surface area (Å²) < 4.78 is 0. The van der Waals surface area contributed by atoms with E-state index in [9.17, 15) is 0 Å². The van der Waals surface area contributed by atoms with Gasteiger partial charge < -0.3 is 5.32 Å². The van der Waals surface area contributed by atoms with Gasteiger partial charge in [0.25, 0.3) is 0 Å². The minimum absolute atomic E-state index is 0.222. The monoisotopic (exact) mass is 254 g/mol. The maximum absolute atomic E-state index is 3.70. The van der Waals surface area contributed by atoms with Crippen molar-refractivity contribution in [3.63, 3.8) is 0 Å². The van der Waals surface area contributed by atoms with Crippen LogP contribution in [0, 0.1) is 11.8 Å². The van der Waals surface area contributed by atoms with Crippen LogP contribution < -0.4 is 5.32 Å². The van der Waals surface area contributed by atoms with Crippen molar-refractivity contribution < 1.29 is 0 Å². The van der Waals surface area contributed by atoms with Crippen LogP contribution in [0.1, 0.15) is 61.3 Å². The number of likely N-dealkylation sites (tertiary alicyclic amines) is 1. The highest BCUT2D eigenvalue weighted by atomic mass is 15.2. The topological polar surface area (TPSA) is 15.3 Å². The van der Waals surface area contributed by atoms with E-state index in [1.807, 2.05) is 0 Å². The van der Waals surface area contributed by atoms with Gasteiger partial charge in [-0.25, -0.2) is 0 Å². The van der Waals surface area contributed by atoms with Crippen molar-refractivity contribution in [2.24, 2.45) is 11.8 Å². The van der Waals surface area contributed by atoms with Gasteiger partial charge in [0, 0.05) is 24.2 Å². The first-order valence-electron chi connectivity index (χ1n) is 7.73. The average Bonchev–Trinajstić information content (AvgIpc) is 2.64. The molecular formula is C16H34N2.